The van der Waals surface area contributed by atoms with E-state index in [1.165, 1.54) is 48.8 Å². The van der Waals surface area contributed by atoms with Crippen molar-refractivity contribution in [2.24, 2.45) is 9.98 Å². The zero-order chi connectivity index (χ0) is 20.6. The highest BCUT2D eigenvalue weighted by molar-refractivity contribution is 7.87. The monoisotopic (exact) mass is 428 g/mol. The molecule has 0 amide bonds. The standard InChI is InChI=1S/C16H16N2O8S2/c19-25-27(21,22)15-7-3-1-5-13(15)11-17-9-10-18-12-14-6-2-4-8-16(14)28(23,24)26-20/h1-8,11-12,19-20H,9-10H2. The van der Waals surface area contributed by atoms with Gasteiger partial charge in [-0.05, 0) is 12.1 Å². The molecule has 0 radical (unpaired) electrons. The van der Waals surface area contributed by atoms with Gasteiger partial charge in [0, 0.05) is 23.6 Å². The predicted molar refractivity (Wildman–Crippen MR) is 99.6 cm³/mol. The van der Waals surface area contributed by atoms with Gasteiger partial charge in [0.05, 0.1) is 13.1 Å². The van der Waals surface area contributed by atoms with Gasteiger partial charge in [-0.1, -0.05) is 36.4 Å². The van der Waals surface area contributed by atoms with E-state index in [0.29, 0.717) is 0 Å². The minimum atomic E-state index is -4.29. The molecule has 0 aliphatic carbocycles. The maximum Gasteiger partial charge on any atom is 0.323 e. The van der Waals surface area contributed by atoms with Gasteiger partial charge in [0.25, 0.3) is 0 Å². The first-order chi connectivity index (χ1) is 13.3. The Kier molecular flexibility index (Phi) is 7.51. The van der Waals surface area contributed by atoms with Gasteiger partial charge in [-0.15, -0.1) is 8.67 Å². The van der Waals surface area contributed by atoms with Crippen molar-refractivity contribution < 1.29 is 36.0 Å². The normalized spacial score (nSPS) is 12.8. The SMILES string of the molecule is O=S(=O)(OO)c1ccccc1C=NCCN=Cc1ccccc1S(=O)(=O)OO. The Labute approximate surface area is 161 Å². The fraction of sp³-hybridized carbons (Fsp3) is 0.125. The zero-order valence-corrected chi connectivity index (χ0v) is 15.9. The molecule has 0 aromatic heterocycles. The lowest BCUT2D eigenvalue weighted by atomic mass is 10.2. The van der Waals surface area contributed by atoms with Crippen LogP contribution in [0.1, 0.15) is 11.1 Å². The van der Waals surface area contributed by atoms with Crippen molar-refractivity contribution in [1.82, 2.24) is 0 Å². The first kappa shape index (κ1) is 21.8. The van der Waals surface area contributed by atoms with Crippen LogP contribution in [0.25, 0.3) is 0 Å². The summed E-state index contributed by atoms with van der Waals surface area (Å²) in [5.74, 6) is 0. The molecule has 12 heteroatoms. The van der Waals surface area contributed by atoms with Crippen LogP contribution in [0.4, 0.5) is 0 Å². The molecule has 0 aliphatic rings. The summed E-state index contributed by atoms with van der Waals surface area (Å²) < 4.78 is 53.5. The van der Waals surface area contributed by atoms with Gasteiger partial charge in [-0.2, -0.15) is 16.8 Å². The average molecular weight is 428 g/mol. The Balaban J connectivity index is 2.05. The van der Waals surface area contributed by atoms with Crippen LogP contribution in [0.2, 0.25) is 0 Å². The quantitative estimate of drug-likeness (QED) is 0.264. The largest absolute Gasteiger partial charge is 0.323 e. The first-order valence-electron chi connectivity index (χ1n) is 7.65. The van der Waals surface area contributed by atoms with Crippen LogP contribution in [0.5, 0.6) is 0 Å². The van der Waals surface area contributed by atoms with Gasteiger partial charge >= 0.3 is 20.2 Å². The summed E-state index contributed by atoms with van der Waals surface area (Å²) in [4.78, 5) is 7.61. The highest BCUT2D eigenvalue weighted by atomic mass is 32.2. The maximum absolute atomic E-state index is 11.6. The smallest absolute Gasteiger partial charge is 0.291 e. The minimum Gasteiger partial charge on any atom is -0.291 e. The molecule has 2 aromatic rings. The van der Waals surface area contributed by atoms with Gasteiger partial charge in [-0.25, -0.2) is 10.5 Å². The molecule has 0 saturated heterocycles. The topological polar surface area (TPSA) is 152 Å². The fourth-order valence-electron chi connectivity index (χ4n) is 2.15. The molecule has 0 unspecified atom stereocenters. The van der Waals surface area contributed by atoms with Crippen molar-refractivity contribution >= 4 is 32.7 Å². The van der Waals surface area contributed by atoms with E-state index < -0.39 is 20.2 Å². The molecule has 2 N–H and O–H groups in total. The molecule has 0 atom stereocenters. The van der Waals surface area contributed by atoms with Gasteiger partial charge in [-0.3, -0.25) is 9.98 Å². The summed E-state index contributed by atoms with van der Waals surface area (Å²) in [6.45, 7) is 0.354. The van der Waals surface area contributed by atoms with E-state index in [-0.39, 0.29) is 34.0 Å². The summed E-state index contributed by atoms with van der Waals surface area (Å²) >= 11 is 0. The lowest BCUT2D eigenvalue weighted by Gasteiger charge is -2.03. The Bertz CT molecular complexity index is 992. The fourth-order valence-corrected chi connectivity index (χ4v) is 3.62. The third-order valence-electron chi connectivity index (χ3n) is 3.39. The molecular weight excluding hydrogens is 412 g/mol. The van der Waals surface area contributed by atoms with E-state index in [4.69, 9.17) is 10.5 Å². The molecule has 0 fully saturated rings. The zero-order valence-electron chi connectivity index (χ0n) is 14.2. The third kappa shape index (κ3) is 5.51. The Morgan fingerprint density at radius 3 is 1.43 bits per heavy atom. The number of hydrogen-bond acceptors (Lipinski definition) is 10. The van der Waals surface area contributed by atoms with Gasteiger partial charge in [0.15, 0.2) is 0 Å². The van der Waals surface area contributed by atoms with Crippen molar-refractivity contribution in [3.63, 3.8) is 0 Å². The number of hydrogen-bond donors (Lipinski definition) is 2. The Morgan fingerprint density at radius 1 is 0.714 bits per heavy atom. The van der Waals surface area contributed by atoms with Crippen LogP contribution in [0.15, 0.2) is 68.3 Å². The van der Waals surface area contributed by atoms with Crippen molar-refractivity contribution in [3.05, 3.63) is 59.7 Å². The summed E-state index contributed by atoms with van der Waals surface area (Å²) in [5.41, 5.74) is 0.439. The van der Waals surface area contributed by atoms with E-state index in [0.717, 1.165) is 0 Å². The molecule has 0 spiro atoms. The van der Waals surface area contributed by atoms with Gasteiger partial charge < -0.3 is 0 Å². The maximum atomic E-state index is 11.6. The van der Waals surface area contributed by atoms with Crippen LogP contribution in [0, 0.1) is 0 Å². The second kappa shape index (κ2) is 9.64. The van der Waals surface area contributed by atoms with Crippen molar-refractivity contribution in [1.29, 1.82) is 0 Å². The Hall–Kier alpha value is -2.48. The molecule has 10 nitrogen and oxygen atoms in total. The first-order valence-corrected chi connectivity index (χ1v) is 10.5. The molecular formula is C16H16N2O8S2. The number of aliphatic imine (C=N–C) groups is 2. The van der Waals surface area contributed by atoms with Crippen LogP contribution < -0.4 is 0 Å². The molecule has 0 heterocycles. The third-order valence-corrected chi connectivity index (χ3v) is 5.61. The molecule has 2 aromatic carbocycles. The number of benzene rings is 2. The van der Waals surface area contributed by atoms with E-state index in [2.05, 4.69) is 18.7 Å². The second-order valence-corrected chi connectivity index (χ2v) is 8.20. The number of rotatable bonds is 9. The summed E-state index contributed by atoms with van der Waals surface area (Å²) in [7, 11) is -8.58. The molecule has 28 heavy (non-hydrogen) atoms. The molecule has 2 rings (SSSR count). The van der Waals surface area contributed by atoms with Crippen molar-refractivity contribution in [2.75, 3.05) is 13.1 Å². The van der Waals surface area contributed by atoms with E-state index in [1.807, 2.05) is 0 Å². The summed E-state index contributed by atoms with van der Waals surface area (Å²) in [6.07, 6.45) is 2.58. The molecule has 0 saturated carbocycles. The molecule has 0 aliphatic heterocycles. The lowest BCUT2D eigenvalue weighted by molar-refractivity contribution is -0.130. The lowest BCUT2D eigenvalue weighted by Crippen LogP contribution is -2.07. The summed E-state index contributed by atoms with van der Waals surface area (Å²) in [6, 6.07) is 11.6. The molecule has 0 bridgehead atoms. The van der Waals surface area contributed by atoms with E-state index >= 15 is 0 Å². The van der Waals surface area contributed by atoms with Crippen LogP contribution >= 0.6 is 0 Å². The van der Waals surface area contributed by atoms with Crippen LogP contribution in [-0.4, -0.2) is 52.9 Å². The van der Waals surface area contributed by atoms with Gasteiger partial charge in [0.2, 0.25) is 0 Å². The molecule has 150 valence electrons. The van der Waals surface area contributed by atoms with Crippen molar-refractivity contribution in [3.8, 4) is 0 Å². The van der Waals surface area contributed by atoms with E-state index in [1.54, 1.807) is 12.1 Å². The average Bonchev–Trinajstić information content (AvgIpc) is 2.71. The van der Waals surface area contributed by atoms with E-state index in [9.17, 15) is 16.8 Å². The highest BCUT2D eigenvalue weighted by Gasteiger charge is 2.18. The predicted octanol–water partition coefficient (Wildman–Crippen LogP) is 1.58. The second-order valence-electron chi connectivity index (χ2n) is 5.20. The highest BCUT2D eigenvalue weighted by Crippen LogP contribution is 2.16. The Morgan fingerprint density at radius 2 is 1.07 bits per heavy atom. The van der Waals surface area contributed by atoms with Gasteiger partial charge in [0.1, 0.15) is 9.79 Å². The number of nitrogens with zero attached hydrogens (tertiary/aromatic N) is 2. The van der Waals surface area contributed by atoms with Crippen LogP contribution in [-0.2, 0) is 28.9 Å². The van der Waals surface area contributed by atoms with Crippen molar-refractivity contribution in [2.45, 2.75) is 9.79 Å². The van der Waals surface area contributed by atoms with Crippen LogP contribution in [0.3, 0.4) is 0 Å². The minimum absolute atomic E-state index is 0.177. The summed E-state index contributed by atoms with van der Waals surface area (Å²) in [5, 5.41) is 17.0.